The van der Waals surface area contributed by atoms with Gasteiger partial charge in [0.2, 0.25) is 11.9 Å². The topological polar surface area (TPSA) is 76.7 Å². The van der Waals surface area contributed by atoms with E-state index in [1.807, 2.05) is 42.3 Å². The van der Waals surface area contributed by atoms with Crippen molar-refractivity contribution in [2.45, 2.75) is 19.9 Å². The number of hydrogen-bond donors (Lipinski definition) is 1. The van der Waals surface area contributed by atoms with E-state index in [9.17, 15) is 8.78 Å². The van der Waals surface area contributed by atoms with E-state index in [-0.39, 0.29) is 0 Å². The summed E-state index contributed by atoms with van der Waals surface area (Å²) in [4.78, 5) is 6.40. The predicted molar refractivity (Wildman–Crippen MR) is 107 cm³/mol. The standard InChI is InChI=1S/C20H18F2N8/c1-13-12-30(27-25-13)15-5-3-14(4-6-15)23-19-24-20-28(9-2-10-29(20)26-19)16-7-8-17(21)18(22)11-16/h3-8,11-12H,2,9-10H2,1H3,(H,23,26). The lowest BCUT2D eigenvalue weighted by atomic mass is 10.2. The fraction of sp³-hybridized carbons (Fsp3) is 0.200. The molecular weight excluding hydrogens is 390 g/mol. The largest absolute Gasteiger partial charge is 0.323 e. The molecule has 30 heavy (non-hydrogen) atoms. The zero-order valence-corrected chi connectivity index (χ0v) is 16.1. The minimum absolute atomic E-state index is 0.434. The van der Waals surface area contributed by atoms with Gasteiger partial charge in [-0.25, -0.2) is 18.1 Å². The van der Waals surface area contributed by atoms with Crippen molar-refractivity contribution in [2.24, 2.45) is 0 Å². The third kappa shape index (κ3) is 3.36. The van der Waals surface area contributed by atoms with Gasteiger partial charge in [-0.2, -0.15) is 4.98 Å². The van der Waals surface area contributed by atoms with Gasteiger partial charge in [0.15, 0.2) is 11.6 Å². The van der Waals surface area contributed by atoms with Crippen LogP contribution in [0.25, 0.3) is 5.69 Å². The monoisotopic (exact) mass is 408 g/mol. The van der Waals surface area contributed by atoms with Gasteiger partial charge < -0.3 is 10.2 Å². The van der Waals surface area contributed by atoms with E-state index < -0.39 is 11.6 Å². The average Bonchev–Trinajstić information content (AvgIpc) is 3.36. The van der Waals surface area contributed by atoms with Crippen molar-refractivity contribution in [1.82, 2.24) is 29.8 Å². The van der Waals surface area contributed by atoms with E-state index >= 15 is 0 Å². The molecule has 0 aliphatic carbocycles. The minimum atomic E-state index is -0.884. The molecule has 8 nitrogen and oxygen atoms in total. The number of nitrogens with zero attached hydrogens (tertiary/aromatic N) is 7. The van der Waals surface area contributed by atoms with Gasteiger partial charge in [-0.05, 0) is 49.7 Å². The first-order valence-electron chi connectivity index (χ1n) is 9.51. The van der Waals surface area contributed by atoms with Crippen LogP contribution in [0.5, 0.6) is 0 Å². The Kier molecular flexibility index (Phi) is 4.38. The van der Waals surface area contributed by atoms with Gasteiger partial charge in [0.05, 0.1) is 17.6 Å². The van der Waals surface area contributed by atoms with Crippen molar-refractivity contribution >= 4 is 23.3 Å². The number of nitrogens with one attached hydrogen (secondary N) is 1. The second-order valence-corrected chi connectivity index (χ2v) is 7.04. The molecule has 0 spiro atoms. The fourth-order valence-corrected chi connectivity index (χ4v) is 3.41. The number of benzene rings is 2. The second-order valence-electron chi connectivity index (χ2n) is 7.04. The van der Waals surface area contributed by atoms with Crippen molar-refractivity contribution in [1.29, 1.82) is 0 Å². The van der Waals surface area contributed by atoms with Crippen LogP contribution in [0.2, 0.25) is 0 Å². The van der Waals surface area contributed by atoms with Crippen LogP contribution >= 0.6 is 0 Å². The van der Waals surface area contributed by atoms with Crippen LogP contribution in [0.15, 0.2) is 48.7 Å². The smallest absolute Gasteiger partial charge is 0.248 e. The van der Waals surface area contributed by atoms with Crippen molar-refractivity contribution in [2.75, 3.05) is 16.8 Å². The van der Waals surface area contributed by atoms with Gasteiger partial charge >= 0.3 is 0 Å². The normalized spacial score (nSPS) is 13.4. The Morgan fingerprint density at radius 1 is 0.967 bits per heavy atom. The lowest BCUT2D eigenvalue weighted by molar-refractivity contribution is 0.506. The summed E-state index contributed by atoms with van der Waals surface area (Å²) >= 11 is 0. The molecule has 3 heterocycles. The summed E-state index contributed by atoms with van der Waals surface area (Å²) in [5.74, 6) is -0.734. The summed E-state index contributed by atoms with van der Waals surface area (Å²) in [5.41, 5.74) is 3.09. The molecule has 1 aliphatic rings. The van der Waals surface area contributed by atoms with Crippen molar-refractivity contribution < 1.29 is 8.78 Å². The number of halogens is 2. The van der Waals surface area contributed by atoms with Crippen LogP contribution in [0.1, 0.15) is 12.1 Å². The van der Waals surface area contributed by atoms with E-state index in [0.29, 0.717) is 30.7 Å². The summed E-state index contributed by atoms with van der Waals surface area (Å²) in [5, 5.41) is 15.7. The third-order valence-corrected chi connectivity index (χ3v) is 4.86. The molecule has 5 rings (SSSR count). The molecule has 0 radical (unpaired) electrons. The Bertz CT molecular complexity index is 1200. The summed E-state index contributed by atoms with van der Waals surface area (Å²) in [6.45, 7) is 3.24. The predicted octanol–water partition coefficient (Wildman–Crippen LogP) is 3.73. The molecule has 2 aromatic heterocycles. The van der Waals surface area contributed by atoms with E-state index in [1.54, 1.807) is 15.4 Å². The Hall–Kier alpha value is -3.82. The van der Waals surface area contributed by atoms with Crippen molar-refractivity contribution in [3.63, 3.8) is 0 Å². The quantitative estimate of drug-likeness (QED) is 0.555. The van der Waals surface area contributed by atoms with Gasteiger partial charge in [-0.15, -0.1) is 10.2 Å². The number of aryl methyl sites for hydroxylation is 2. The highest BCUT2D eigenvalue weighted by molar-refractivity contribution is 5.61. The van der Waals surface area contributed by atoms with Gasteiger partial charge in [0.1, 0.15) is 0 Å². The molecule has 1 aliphatic heterocycles. The molecule has 0 fully saturated rings. The number of anilines is 4. The Balaban J connectivity index is 1.38. The first-order chi connectivity index (χ1) is 14.6. The molecule has 10 heteroatoms. The number of rotatable bonds is 4. The maximum atomic E-state index is 13.7. The maximum absolute atomic E-state index is 13.7. The van der Waals surface area contributed by atoms with E-state index in [4.69, 9.17) is 0 Å². The van der Waals surface area contributed by atoms with Crippen LogP contribution < -0.4 is 10.2 Å². The molecule has 2 aromatic carbocycles. The zero-order chi connectivity index (χ0) is 20.7. The van der Waals surface area contributed by atoms with E-state index in [2.05, 4.69) is 25.7 Å². The Morgan fingerprint density at radius 2 is 1.77 bits per heavy atom. The van der Waals surface area contributed by atoms with Crippen LogP contribution in [0.4, 0.5) is 32.1 Å². The molecule has 152 valence electrons. The van der Waals surface area contributed by atoms with E-state index in [0.717, 1.165) is 29.6 Å². The van der Waals surface area contributed by atoms with Gasteiger partial charge in [0.25, 0.3) is 0 Å². The second kappa shape index (κ2) is 7.21. The third-order valence-electron chi connectivity index (χ3n) is 4.86. The lowest BCUT2D eigenvalue weighted by Crippen LogP contribution is -2.28. The van der Waals surface area contributed by atoms with Crippen molar-refractivity contribution in [3.05, 3.63) is 66.0 Å². The van der Waals surface area contributed by atoms with Gasteiger partial charge in [0, 0.05) is 30.5 Å². The first kappa shape index (κ1) is 18.2. The molecule has 0 amide bonds. The highest BCUT2D eigenvalue weighted by Crippen LogP contribution is 2.30. The lowest BCUT2D eigenvalue weighted by Gasteiger charge is -2.27. The van der Waals surface area contributed by atoms with Gasteiger partial charge in [-0.1, -0.05) is 5.21 Å². The fourth-order valence-electron chi connectivity index (χ4n) is 3.41. The molecule has 0 saturated heterocycles. The minimum Gasteiger partial charge on any atom is -0.323 e. The van der Waals surface area contributed by atoms with Crippen LogP contribution in [0, 0.1) is 18.6 Å². The highest BCUT2D eigenvalue weighted by Gasteiger charge is 2.23. The molecule has 0 bridgehead atoms. The molecule has 4 aromatic rings. The van der Waals surface area contributed by atoms with Crippen LogP contribution in [-0.4, -0.2) is 36.3 Å². The first-order valence-corrected chi connectivity index (χ1v) is 9.51. The number of hydrogen-bond acceptors (Lipinski definition) is 6. The highest BCUT2D eigenvalue weighted by atomic mass is 19.2. The Labute approximate surface area is 170 Å². The summed E-state index contributed by atoms with van der Waals surface area (Å²) < 4.78 is 30.5. The van der Waals surface area contributed by atoms with Crippen LogP contribution in [-0.2, 0) is 6.54 Å². The zero-order valence-electron chi connectivity index (χ0n) is 16.1. The summed E-state index contributed by atoms with van der Waals surface area (Å²) in [6, 6.07) is 11.5. The Morgan fingerprint density at radius 3 is 2.50 bits per heavy atom. The van der Waals surface area contributed by atoms with Crippen LogP contribution in [0.3, 0.4) is 0 Å². The number of fused-ring (bicyclic) bond motifs is 1. The van der Waals surface area contributed by atoms with Gasteiger partial charge in [-0.3, -0.25) is 0 Å². The maximum Gasteiger partial charge on any atom is 0.248 e. The molecule has 0 unspecified atom stereocenters. The number of aromatic nitrogens is 6. The molecule has 0 saturated carbocycles. The molecule has 0 atom stereocenters. The molecular formula is C20H18F2N8. The molecule has 1 N–H and O–H groups in total. The summed E-state index contributed by atoms with van der Waals surface area (Å²) in [6.07, 6.45) is 2.67. The van der Waals surface area contributed by atoms with Crippen molar-refractivity contribution in [3.8, 4) is 5.69 Å². The average molecular weight is 408 g/mol. The SMILES string of the molecule is Cc1cn(-c2ccc(Nc3nc4n(n3)CCCN4c3ccc(F)c(F)c3)cc2)nn1. The van der Waals surface area contributed by atoms with E-state index in [1.165, 1.54) is 6.07 Å². The summed E-state index contributed by atoms with van der Waals surface area (Å²) in [7, 11) is 0.